The van der Waals surface area contributed by atoms with E-state index in [0.717, 1.165) is 63.7 Å². The Bertz CT molecular complexity index is 1040. The lowest BCUT2D eigenvalue weighted by molar-refractivity contribution is 0.0970. The third-order valence-corrected chi connectivity index (χ3v) is 5.40. The van der Waals surface area contributed by atoms with Crippen LogP contribution in [0.2, 0.25) is 0 Å². The van der Waals surface area contributed by atoms with E-state index in [2.05, 4.69) is 6.07 Å². The number of carbonyl (C=O) groups excluding carboxylic acids is 1. The van der Waals surface area contributed by atoms with E-state index in [9.17, 15) is 4.79 Å². The quantitative estimate of drug-likeness (QED) is 0.625. The first-order valence-corrected chi connectivity index (χ1v) is 9.26. The van der Waals surface area contributed by atoms with Gasteiger partial charge in [-0.3, -0.25) is 4.79 Å². The molecule has 0 spiro atoms. The molecule has 4 nitrogen and oxygen atoms in total. The molecule has 2 aromatic carbocycles. The van der Waals surface area contributed by atoms with Crippen molar-refractivity contribution in [3.63, 3.8) is 0 Å². The first kappa shape index (κ1) is 16.2. The number of rotatable bonds is 2. The van der Waals surface area contributed by atoms with Gasteiger partial charge in [-0.15, -0.1) is 0 Å². The van der Waals surface area contributed by atoms with E-state index in [-0.39, 0.29) is 11.9 Å². The number of fused-ring (bicyclic) bond motifs is 5. The molecule has 3 aromatic rings. The summed E-state index contributed by atoms with van der Waals surface area (Å²) in [4.78, 5) is 12.7. The summed E-state index contributed by atoms with van der Waals surface area (Å²) in [5.41, 5.74) is 4.73. The lowest BCUT2D eigenvalue weighted by Crippen LogP contribution is -2.16. The molecule has 0 amide bonds. The molecule has 27 heavy (non-hydrogen) atoms. The molecule has 5 rings (SSSR count). The zero-order chi connectivity index (χ0) is 18.5. The van der Waals surface area contributed by atoms with E-state index in [1.54, 1.807) is 7.11 Å². The highest BCUT2D eigenvalue weighted by molar-refractivity contribution is 6.05. The van der Waals surface area contributed by atoms with Gasteiger partial charge in [0.2, 0.25) is 0 Å². The van der Waals surface area contributed by atoms with Crippen LogP contribution in [-0.4, -0.2) is 12.9 Å². The molecule has 0 radical (unpaired) electrons. The molecular weight excluding hydrogens is 340 g/mol. The second-order valence-electron chi connectivity index (χ2n) is 7.19. The monoisotopic (exact) mass is 360 g/mol. The summed E-state index contributed by atoms with van der Waals surface area (Å²) in [7, 11) is 1.65. The minimum absolute atomic E-state index is 0.170. The van der Waals surface area contributed by atoms with Crippen molar-refractivity contribution >= 4 is 5.78 Å². The SMILES string of the molecule is COc1ccc(C2Oc3ccc(C)cc3-c3c2oc2c3C(=O)CCC2)cc1. The molecule has 0 saturated carbocycles. The first-order valence-electron chi connectivity index (χ1n) is 9.26. The predicted octanol–water partition coefficient (Wildman–Crippen LogP) is 5.26. The van der Waals surface area contributed by atoms with Gasteiger partial charge in [-0.2, -0.15) is 0 Å². The van der Waals surface area contributed by atoms with Crippen molar-refractivity contribution in [3.8, 4) is 22.6 Å². The smallest absolute Gasteiger partial charge is 0.182 e. The van der Waals surface area contributed by atoms with Crippen molar-refractivity contribution in [1.82, 2.24) is 0 Å². The fourth-order valence-corrected chi connectivity index (χ4v) is 4.08. The van der Waals surface area contributed by atoms with Crippen molar-refractivity contribution in [2.45, 2.75) is 32.3 Å². The second kappa shape index (κ2) is 6.02. The molecule has 2 aliphatic rings. The fraction of sp³-hybridized carbons (Fsp3) is 0.261. The Kier molecular flexibility index (Phi) is 3.61. The van der Waals surface area contributed by atoms with Crippen molar-refractivity contribution in [1.29, 1.82) is 0 Å². The molecule has 0 saturated heterocycles. The number of carbonyl (C=O) groups is 1. The minimum Gasteiger partial charge on any atom is -0.497 e. The fourth-order valence-electron chi connectivity index (χ4n) is 4.08. The highest BCUT2D eigenvalue weighted by atomic mass is 16.5. The number of benzene rings is 2. The molecule has 1 aliphatic carbocycles. The third-order valence-electron chi connectivity index (χ3n) is 5.40. The van der Waals surface area contributed by atoms with Gasteiger partial charge in [0.25, 0.3) is 0 Å². The summed E-state index contributed by atoms with van der Waals surface area (Å²) < 4.78 is 17.8. The van der Waals surface area contributed by atoms with Crippen LogP contribution in [0.25, 0.3) is 11.1 Å². The highest BCUT2D eigenvalue weighted by Gasteiger charge is 2.38. The number of hydrogen-bond donors (Lipinski definition) is 0. The second-order valence-corrected chi connectivity index (χ2v) is 7.19. The molecular formula is C23H20O4. The number of ether oxygens (including phenoxy) is 2. The van der Waals surface area contributed by atoms with Crippen LogP contribution >= 0.6 is 0 Å². The Morgan fingerprint density at radius 1 is 1.04 bits per heavy atom. The average Bonchev–Trinajstić information content (AvgIpc) is 3.09. The van der Waals surface area contributed by atoms with Crippen molar-refractivity contribution in [2.24, 2.45) is 0 Å². The molecule has 1 unspecified atom stereocenters. The Morgan fingerprint density at radius 3 is 2.63 bits per heavy atom. The van der Waals surface area contributed by atoms with Gasteiger partial charge in [-0.1, -0.05) is 23.8 Å². The van der Waals surface area contributed by atoms with Crippen LogP contribution in [0.1, 0.15) is 52.0 Å². The molecule has 1 aromatic heterocycles. The topological polar surface area (TPSA) is 48.7 Å². The molecule has 1 aliphatic heterocycles. The standard InChI is InChI=1S/C23H20O4/c1-13-6-11-18-16(12-13)20-21-17(24)4-3-5-19(21)27-23(20)22(26-18)14-7-9-15(25-2)10-8-14/h6-12,22H,3-5H2,1-2H3. The van der Waals surface area contributed by atoms with Crippen LogP contribution in [0.15, 0.2) is 46.9 Å². The number of methoxy groups -OCH3 is 1. The first-order chi connectivity index (χ1) is 13.2. The Morgan fingerprint density at radius 2 is 1.85 bits per heavy atom. The maximum absolute atomic E-state index is 12.7. The molecule has 0 N–H and O–H groups in total. The van der Waals surface area contributed by atoms with Crippen LogP contribution in [-0.2, 0) is 6.42 Å². The molecule has 4 heteroatoms. The van der Waals surface area contributed by atoms with Crippen LogP contribution < -0.4 is 9.47 Å². The Labute approximate surface area is 157 Å². The molecule has 136 valence electrons. The van der Waals surface area contributed by atoms with Gasteiger partial charge in [0, 0.05) is 29.5 Å². The van der Waals surface area contributed by atoms with E-state index in [1.165, 1.54) is 0 Å². The number of hydrogen-bond acceptors (Lipinski definition) is 4. The van der Waals surface area contributed by atoms with Gasteiger partial charge < -0.3 is 13.9 Å². The van der Waals surface area contributed by atoms with Crippen molar-refractivity contribution in [3.05, 3.63) is 70.7 Å². The summed E-state index contributed by atoms with van der Waals surface area (Å²) in [6.07, 6.45) is 1.84. The molecule has 1 atom stereocenters. The summed E-state index contributed by atoms with van der Waals surface area (Å²) in [5.74, 6) is 3.28. The average molecular weight is 360 g/mol. The van der Waals surface area contributed by atoms with Gasteiger partial charge in [-0.05, 0) is 37.6 Å². The number of furan rings is 1. The maximum atomic E-state index is 12.7. The molecule has 0 bridgehead atoms. The molecule has 0 fully saturated rings. The molecule has 2 heterocycles. The van der Waals surface area contributed by atoms with E-state index in [4.69, 9.17) is 13.9 Å². The number of aryl methyl sites for hydroxylation is 2. The Hall–Kier alpha value is -3.01. The normalized spacial score (nSPS) is 17.6. The third kappa shape index (κ3) is 2.47. The van der Waals surface area contributed by atoms with Crippen LogP contribution in [0.5, 0.6) is 11.5 Å². The summed E-state index contributed by atoms with van der Waals surface area (Å²) in [6.45, 7) is 2.05. The van der Waals surface area contributed by atoms with Crippen molar-refractivity contribution < 1.29 is 18.7 Å². The van der Waals surface area contributed by atoms with E-state index >= 15 is 0 Å². The zero-order valence-electron chi connectivity index (χ0n) is 15.4. The lowest BCUT2D eigenvalue weighted by atomic mass is 9.87. The maximum Gasteiger partial charge on any atom is 0.182 e. The zero-order valence-corrected chi connectivity index (χ0v) is 15.4. The van der Waals surface area contributed by atoms with Gasteiger partial charge >= 0.3 is 0 Å². The van der Waals surface area contributed by atoms with E-state index in [0.29, 0.717) is 6.42 Å². The summed E-state index contributed by atoms with van der Waals surface area (Å²) in [6, 6.07) is 13.9. The van der Waals surface area contributed by atoms with Gasteiger partial charge in [0.05, 0.1) is 12.7 Å². The summed E-state index contributed by atoms with van der Waals surface area (Å²) in [5, 5.41) is 0. The van der Waals surface area contributed by atoms with Crippen molar-refractivity contribution in [2.75, 3.05) is 7.11 Å². The van der Waals surface area contributed by atoms with Gasteiger partial charge in [-0.25, -0.2) is 0 Å². The van der Waals surface area contributed by atoms with Gasteiger partial charge in [0.1, 0.15) is 17.3 Å². The Balaban J connectivity index is 1.73. The van der Waals surface area contributed by atoms with Crippen LogP contribution in [0, 0.1) is 6.92 Å². The summed E-state index contributed by atoms with van der Waals surface area (Å²) >= 11 is 0. The van der Waals surface area contributed by atoms with E-state index < -0.39 is 0 Å². The predicted molar refractivity (Wildman–Crippen MR) is 102 cm³/mol. The van der Waals surface area contributed by atoms with Crippen LogP contribution in [0.4, 0.5) is 0 Å². The van der Waals surface area contributed by atoms with Gasteiger partial charge in [0.15, 0.2) is 17.6 Å². The van der Waals surface area contributed by atoms with E-state index in [1.807, 2.05) is 43.3 Å². The van der Waals surface area contributed by atoms with Crippen LogP contribution in [0.3, 0.4) is 0 Å². The number of Topliss-reactive ketones (excluding diaryl/α,β-unsaturated/α-hetero) is 1. The minimum atomic E-state index is -0.375. The largest absolute Gasteiger partial charge is 0.497 e. The number of ketones is 1. The lowest BCUT2D eigenvalue weighted by Gasteiger charge is -2.26. The highest BCUT2D eigenvalue weighted by Crippen LogP contribution is 2.50.